The summed E-state index contributed by atoms with van der Waals surface area (Å²) in [6.07, 6.45) is 0.0127. The third-order valence-electron chi connectivity index (χ3n) is 4.07. The lowest BCUT2D eigenvalue weighted by Gasteiger charge is -2.16. The van der Waals surface area contributed by atoms with Gasteiger partial charge in [-0.2, -0.15) is 0 Å². The molecular formula is C23H23FO8. The first-order valence-electron chi connectivity index (χ1n) is 9.98. The Hall–Kier alpha value is -3.75. The van der Waals surface area contributed by atoms with Gasteiger partial charge in [0.05, 0.1) is 5.56 Å². The van der Waals surface area contributed by atoms with Crippen LogP contribution in [0.3, 0.4) is 0 Å². The molecule has 0 atom stereocenters. The Labute approximate surface area is 184 Å². The lowest BCUT2D eigenvalue weighted by atomic mass is 10.1. The highest BCUT2D eigenvalue weighted by Gasteiger charge is 2.24. The summed E-state index contributed by atoms with van der Waals surface area (Å²) in [5.41, 5.74) is 0.435. The van der Waals surface area contributed by atoms with Crippen molar-refractivity contribution in [3.8, 4) is 17.2 Å². The van der Waals surface area contributed by atoms with Gasteiger partial charge in [0, 0.05) is 19.3 Å². The number of ether oxygens (including phenoxy) is 4. The first-order chi connectivity index (χ1) is 15.3. The molecule has 0 saturated heterocycles. The molecule has 32 heavy (non-hydrogen) atoms. The Balaban J connectivity index is 2.42. The molecule has 2 rings (SSSR count). The van der Waals surface area contributed by atoms with E-state index in [0.717, 1.165) is 12.1 Å². The van der Waals surface area contributed by atoms with Gasteiger partial charge in [0.2, 0.25) is 5.75 Å². The highest BCUT2D eigenvalue weighted by molar-refractivity contribution is 5.92. The Morgan fingerprint density at radius 2 is 1.22 bits per heavy atom. The Morgan fingerprint density at radius 3 is 1.69 bits per heavy atom. The van der Waals surface area contributed by atoms with Gasteiger partial charge in [0.1, 0.15) is 12.4 Å². The van der Waals surface area contributed by atoms with Gasteiger partial charge in [0.15, 0.2) is 11.5 Å². The molecular weight excluding hydrogens is 423 g/mol. The summed E-state index contributed by atoms with van der Waals surface area (Å²) >= 11 is 0. The normalized spacial score (nSPS) is 10.2. The van der Waals surface area contributed by atoms with Gasteiger partial charge in [-0.1, -0.05) is 32.9 Å². The van der Waals surface area contributed by atoms with Crippen LogP contribution in [0.25, 0.3) is 0 Å². The van der Waals surface area contributed by atoms with Crippen LogP contribution in [0.2, 0.25) is 0 Å². The molecule has 2 aromatic carbocycles. The second-order valence-corrected chi connectivity index (χ2v) is 6.49. The molecule has 0 bridgehead atoms. The number of esters is 4. The van der Waals surface area contributed by atoms with E-state index in [1.807, 2.05) is 0 Å². The predicted octanol–water partition coefficient (Wildman–Crippen LogP) is 4.13. The number of halogens is 1. The van der Waals surface area contributed by atoms with E-state index < -0.39 is 29.7 Å². The molecule has 8 nitrogen and oxygen atoms in total. The molecule has 0 aromatic heterocycles. The van der Waals surface area contributed by atoms with Gasteiger partial charge in [-0.25, -0.2) is 9.18 Å². The van der Waals surface area contributed by atoms with E-state index in [2.05, 4.69) is 0 Å². The molecule has 0 unspecified atom stereocenters. The second-order valence-electron chi connectivity index (χ2n) is 6.49. The predicted molar refractivity (Wildman–Crippen MR) is 110 cm³/mol. The van der Waals surface area contributed by atoms with Gasteiger partial charge in [-0.3, -0.25) is 14.4 Å². The summed E-state index contributed by atoms with van der Waals surface area (Å²) in [5.74, 6) is -4.09. The van der Waals surface area contributed by atoms with E-state index in [-0.39, 0.29) is 48.7 Å². The lowest BCUT2D eigenvalue weighted by Crippen LogP contribution is -2.15. The highest BCUT2D eigenvalue weighted by atomic mass is 19.1. The van der Waals surface area contributed by atoms with Crippen molar-refractivity contribution in [1.82, 2.24) is 0 Å². The van der Waals surface area contributed by atoms with Crippen molar-refractivity contribution in [2.24, 2.45) is 0 Å². The van der Waals surface area contributed by atoms with Crippen molar-refractivity contribution >= 4 is 23.9 Å². The van der Waals surface area contributed by atoms with Crippen LogP contribution in [0.5, 0.6) is 17.2 Å². The molecule has 0 aliphatic carbocycles. The number of hydrogen-bond acceptors (Lipinski definition) is 8. The monoisotopic (exact) mass is 446 g/mol. The lowest BCUT2D eigenvalue weighted by molar-refractivity contribution is -0.137. The van der Waals surface area contributed by atoms with E-state index in [9.17, 15) is 23.6 Å². The standard InChI is InChI=1S/C23H23FO8/c1-4-19(25)30-17-11-15(23(28)29-13-14-7-9-16(24)10-8-14)12-18(31-20(26)5-2)22(17)32-21(27)6-3/h7-12H,4-6,13H2,1-3H3. The van der Waals surface area contributed by atoms with Gasteiger partial charge in [-0.05, 0) is 29.8 Å². The zero-order valence-corrected chi connectivity index (χ0v) is 17.9. The molecule has 0 N–H and O–H groups in total. The fourth-order valence-corrected chi connectivity index (χ4v) is 2.34. The van der Waals surface area contributed by atoms with Crippen LogP contribution >= 0.6 is 0 Å². The molecule has 0 spiro atoms. The molecule has 170 valence electrons. The van der Waals surface area contributed by atoms with Crippen molar-refractivity contribution in [3.63, 3.8) is 0 Å². The minimum absolute atomic E-state index is 0.00376. The van der Waals surface area contributed by atoms with Crippen molar-refractivity contribution in [2.45, 2.75) is 46.6 Å². The van der Waals surface area contributed by atoms with Crippen LogP contribution in [0.4, 0.5) is 4.39 Å². The third-order valence-corrected chi connectivity index (χ3v) is 4.07. The first kappa shape index (κ1) is 24.5. The maximum absolute atomic E-state index is 13.0. The Morgan fingerprint density at radius 1 is 0.750 bits per heavy atom. The van der Waals surface area contributed by atoms with E-state index >= 15 is 0 Å². The van der Waals surface area contributed by atoms with Gasteiger partial charge in [0.25, 0.3) is 0 Å². The average molecular weight is 446 g/mol. The minimum Gasteiger partial charge on any atom is -0.457 e. The number of rotatable bonds is 9. The van der Waals surface area contributed by atoms with Crippen LogP contribution in [-0.4, -0.2) is 23.9 Å². The maximum atomic E-state index is 13.0. The SMILES string of the molecule is CCC(=O)Oc1cc(C(=O)OCc2ccc(F)cc2)cc(OC(=O)CC)c1OC(=O)CC. The maximum Gasteiger partial charge on any atom is 0.338 e. The zero-order valence-electron chi connectivity index (χ0n) is 17.9. The summed E-state index contributed by atoms with van der Waals surface area (Å²) in [4.78, 5) is 48.2. The smallest absolute Gasteiger partial charge is 0.338 e. The van der Waals surface area contributed by atoms with Gasteiger partial charge < -0.3 is 18.9 Å². The van der Waals surface area contributed by atoms with Crippen molar-refractivity contribution in [2.75, 3.05) is 0 Å². The second kappa shape index (κ2) is 11.6. The van der Waals surface area contributed by atoms with E-state index in [0.29, 0.717) is 5.56 Å². The van der Waals surface area contributed by atoms with Crippen molar-refractivity contribution in [1.29, 1.82) is 0 Å². The molecule has 2 aromatic rings. The number of carbonyl (C=O) groups excluding carboxylic acids is 4. The highest BCUT2D eigenvalue weighted by Crippen LogP contribution is 2.40. The molecule has 0 aliphatic rings. The summed E-state index contributed by atoms with van der Waals surface area (Å²) < 4.78 is 33.9. The third kappa shape index (κ3) is 6.90. The molecule has 0 radical (unpaired) electrons. The Bertz CT molecular complexity index is 959. The topological polar surface area (TPSA) is 105 Å². The summed E-state index contributed by atoms with van der Waals surface area (Å²) in [5, 5.41) is 0. The van der Waals surface area contributed by atoms with E-state index in [1.165, 1.54) is 24.3 Å². The van der Waals surface area contributed by atoms with Gasteiger partial charge in [-0.15, -0.1) is 0 Å². The van der Waals surface area contributed by atoms with Crippen LogP contribution < -0.4 is 14.2 Å². The summed E-state index contributed by atoms with van der Waals surface area (Å²) in [7, 11) is 0. The largest absolute Gasteiger partial charge is 0.457 e. The first-order valence-corrected chi connectivity index (χ1v) is 9.98. The van der Waals surface area contributed by atoms with E-state index in [1.54, 1.807) is 20.8 Å². The molecule has 9 heteroatoms. The molecule has 0 saturated carbocycles. The van der Waals surface area contributed by atoms with Crippen LogP contribution in [0.15, 0.2) is 36.4 Å². The van der Waals surface area contributed by atoms with Crippen LogP contribution in [-0.2, 0) is 25.7 Å². The fraction of sp³-hybridized carbons (Fsp3) is 0.304. The minimum atomic E-state index is -0.828. The molecule has 0 heterocycles. The van der Waals surface area contributed by atoms with Crippen molar-refractivity contribution in [3.05, 3.63) is 53.3 Å². The van der Waals surface area contributed by atoms with E-state index in [4.69, 9.17) is 18.9 Å². The van der Waals surface area contributed by atoms with Gasteiger partial charge >= 0.3 is 23.9 Å². The number of benzene rings is 2. The average Bonchev–Trinajstić information content (AvgIpc) is 2.79. The summed E-state index contributed by atoms with van der Waals surface area (Å²) in [6, 6.07) is 7.68. The quantitative estimate of drug-likeness (QED) is 0.418. The fourth-order valence-electron chi connectivity index (χ4n) is 2.34. The van der Waals surface area contributed by atoms with Crippen LogP contribution in [0, 0.1) is 5.82 Å². The molecule has 0 aliphatic heterocycles. The van der Waals surface area contributed by atoms with Crippen LogP contribution in [0.1, 0.15) is 56.0 Å². The van der Waals surface area contributed by atoms with Crippen molar-refractivity contribution < 1.29 is 42.5 Å². The number of carbonyl (C=O) groups is 4. The zero-order chi connectivity index (χ0) is 23.7. The Kier molecular flexibility index (Phi) is 8.88. The number of hydrogen-bond donors (Lipinski definition) is 0. The molecule has 0 amide bonds. The molecule has 0 fully saturated rings. The summed E-state index contributed by atoms with van der Waals surface area (Å²) in [6.45, 7) is 4.51.